The molecule has 3 heteroatoms. The Morgan fingerprint density at radius 3 is 2.48 bits per heavy atom. The number of carbonyl (C=O) groups is 1. The van der Waals surface area contributed by atoms with E-state index in [9.17, 15) is 9.90 Å². The number of rotatable bonds is 1. The lowest BCUT2D eigenvalue weighted by Gasteiger charge is -2.32. The molecule has 1 heterocycles. The van der Waals surface area contributed by atoms with Crippen LogP contribution in [-0.2, 0) is 4.79 Å². The Morgan fingerprint density at radius 2 is 1.86 bits per heavy atom. The van der Waals surface area contributed by atoms with Crippen LogP contribution in [0.5, 0.6) is 0 Å². The maximum Gasteiger partial charge on any atom is 0.168 e. The molecule has 1 aliphatic heterocycles. The third kappa shape index (κ3) is 2.36. The lowest BCUT2D eigenvalue weighted by Crippen LogP contribution is -2.24. The summed E-state index contributed by atoms with van der Waals surface area (Å²) in [5.41, 5.74) is 2.81. The molecule has 1 spiro atoms. The first kappa shape index (κ1) is 14.8. The van der Waals surface area contributed by atoms with Gasteiger partial charge in [-0.05, 0) is 49.5 Å². The highest BCUT2D eigenvalue weighted by Crippen LogP contribution is 2.51. The smallest absolute Gasteiger partial charge is 0.168 e. The van der Waals surface area contributed by atoms with Crippen LogP contribution in [-0.4, -0.2) is 22.0 Å². The second kappa shape index (κ2) is 5.28. The Balaban J connectivity index is 2.11. The molecule has 1 fully saturated rings. The van der Waals surface area contributed by atoms with E-state index >= 15 is 0 Å². The van der Waals surface area contributed by atoms with Crippen molar-refractivity contribution in [1.29, 1.82) is 0 Å². The van der Waals surface area contributed by atoms with Gasteiger partial charge in [0.25, 0.3) is 0 Å². The largest absolute Gasteiger partial charge is 0.511 e. The van der Waals surface area contributed by atoms with E-state index in [0.717, 1.165) is 36.1 Å². The minimum absolute atomic E-state index is 0.0929. The molecule has 0 aromatic heterocycles. The van der Waals surface area contributed by atoms with Crippen molar-refractivity contribution in [2.45, 2.75) is 52.4 Å². The first-order chi connectivity index (χ1) is 9.94. The molecule has 114 valence electrons. The van der Waals surface area contributed by atoms with Crippen LogP contribution in [0.3, 0.4) is 0 Å². The zero-order valence-electron chi connectivity index (χ0n) is 13.2. The van der Waals surface area contributed by atoms with E-state index in [1.165, 1.54) is 12.0 Å². The summed E-state index contributed by atoms with van der Waals surface area (Å²) in [6, 6.07) is 0. The zero-order valence-corrected chi connectivity index (χ0v) is 14.0. The molecular formula is C18H24O2S. The van der Waals surface area contributed by atoms with Crippen molar-refractivity contribution in [1.82, 2.24) is 0 Å². The lowest BCUT2D eigenvalue weighted by molar-refractivity contribution is -0.116. The van der Waals surface area contributed by atoms with Crippen molar-refractivity contribution in [3.8, 4) is 0 Å². The van der Waals surface area contributed by atoms with Crippen molar-refractivity contribution in [2.75, 3.05) is 6.26 Å². The summed E-state index contributed by atoms with van der Waals surface area (Å²) in [5.74, 6) is 0.562. The van der Waals surface area contributed by atoms with Crippen molar-refractivity contribution in [3.63, 3.8) is 0 Å². The Morgan fingerprint density at radius 1 is 1.19 bits per heavy atom. The molecule has 0 aromatic carbocycles. The molecule has 1 N–H and O–H groups in total. The summed E-state index contributed by atoms with van der Waals surface area (Å²) in [7, 11) is -0.0929. The van der Waals surface area contributed by atoms with Crippen molar-refractivity contribution in [2.24, 2.45) is 5.41 Å². The first-order valence-corrected chi connectivity index (χ1v) is 9.50. The number of hydrogen-bond acceptors (Lipinski definition) is 2. The van der Waals surface area contributed by atoms with Gasteiger partial charge in [0.1, 0.15) is 5.76 Å². The monoisotopic (exact) mass is 304 g/mol. The quantitative estimate of drug-likeness (QED) is 0.716. The molecule has 0 bridgehead atoms. The van der Waals surface area contributed by atoms with Gasteiger partial charge in [-0.15, -0.1) is 0 Å². The van der Waals surface area contributed by atoms with Crippen molar-refractivity contribution in [3.05, 3.63) is 34.0 Å². The molecule has 3 aliphatic rings. The SMILES string of the molecule is CC1=CS(C)=C(C2=C(O)C3(CCCCC3)CC2=O)C(C)=C1. The minimum Gasteiger partial charge on any atom is -0.511 e. The molecule has 21 heavy (non-hydrogen) atoms. The average molecular weight is 304 g/mol. The van der Waals surface area contributed by atoms with E-state index in [2.05, 4.69) is 31.6 Å². The van der Waals surface area contributed by atoms with Crippen LogP contribution in [0.25, 0.3) is 0 Å². The van der Waals surface area contributed by atoms with Gasteiger partial charge < -0.3 is 5.11 Å². The Labute approximate surface area is 129 Å². The van der Waals surface area contributed by atoms with Crippen LogP contribution in [0.2, 0.25) is 0 Å². The van der Waals surface area contributed by atoms with Crippen LogP contribution in [0, 0.1) is 5.41 Å². The molecule has 1 saturated carbocycles. The summed E-state index contributed by atoms with van der Waals surface area (Å²) < 4.78 is 0. The molecule has 0 amide bonds. The van der Waals surface area contributed by atoms with E-state index in [0.29, 0.717) is 17.8 Å². The summed E-state index contributed by atoms with van der Waals surface area (Å²) in [4.78, 5) is 13.7. The molecule has 1 unspecified atom stereocenters. The highest BCUT2D eigenvalue weighted by atomic mass is 32.2. The van der Waals surface area contributed by atoms with Gasteiger partial charge in [-0.1, -0.05) is 25.3 Å². The number of Topliss-reactive ketones (excluding diaryl/α,β-unsaturated/α-hetero) is 1. The fourth-order valence-electron chi connectivity index (χ4n) is 4.14. The lowest BCUT2D eigenvalue weighted by atomic mass is 9.72. The van der Waals surface area contributed by atoms with E-state index in [1.807, 2.05) is 0 Å². The van der Waals surface area contributed by atoms with Crippen molar-refractivity contribution >= 4 is 21.1 Å². The van der Waals surface area contributed by atoms with Crippen molar-refractivity contribution < 1.29 is 9.90 Å². The first-order valence-electron chi connectivity index (χ1n) is 7.81. The van der Waals surface area contributed by atoms with Crippen LogP contribution in [0.15, 0.2) is 34.0 Å². The van der Waals surface area contributed by atoms with Gasteiger partial charge in [-0.3, -0.25) is 4.79 Å². The third-order valence-corrected chi connectivity index (χ3v) is 6.94. The van der Waals surface area contributed by atoms with Gasteiger partial charge in [0.05, 0.1) is 5.57 Å². The number of hydrogen-bond donors (Lipinski definition) is 1. The highest BCUT2D eigenvalue weighted by Gasteiger charge is 2.47. The normalized spacial score (nSPS) is 29.0. The Bertz CT molecular complexity index is 623. The fraction of sp³-hybridized carbons (Fsp3) is 0.556. The average Bonchev–Trinajstić information content (AvgIpc) is 2.63. The highest BCUT2D eigenvalue weighted by molar-refractivity contribution is 8.18. The second-order valence-electron chi connectivity index (χ2n) is 6.74. The van der Waals surface area contributed by atoms with Gasteiger partial charge in [0, 0.05) is 16.7 Å². The maximum atomic E-state index is 12.6. The predicted octanol–water partition coefficient (Wildman–Crippen LogP) is 4.66. The van der Waals surface area contributed by atoms with Gasteiger partial charge in [0.2, 0.25) is 0 Å². The second-order valence-corrected chi connectivity index (χ2v) is 8.50. The van der Waals surface area contributed by atoms with Crippen LogP contribution >= 0.6 is 10.5 Å². The van der Waals surface area contributed by atoms with Crippen LogP contribution in [0.1, 0.15) is 52.4 Å². The number of aliphatic hydroxyl groups is 1. The molecule has 2 nitrogen and oxygen atoms in total. The van der Waals surface area contributed by atoms with Gasteiger partial charge >= 0.3 is 0 Å². The summed E-state index contributed by atoms with van der Waals surface area (Å²) in [5, 5.41) is 13.1. The number of allylic oxidation sites excluding steroid dienone is 5. The fourth-order valence-corrected chi connectivity index (χ4v) is 5.99. The molecule has 1 atom stereocenters. The molecule has 0 aromatic rings. The maximum absolute atomic E-state index is 12.6. The Kier molecular flexibility index (Phi) is 3.73. The predicted molar refractivity (Wildman–Crippen MR) is 90.8 cm³/mol. The molecule has 3 rings (SSSR count). The molecule has 0 saturated heterocycles. The van der Waals surface area contributed by atoms with E-state index in [1.54, 1.807) is 0 Å². The molecular weight excluding hydrogens is 280 g/mol. The van der Waals surface area contributed by atoms with E-state index < -0.39 is 0 Å². The van der Waals surface area contributed by atoms with Crippen LogP contribution < -0.4 is 0 Å². The standard InChI is InChI=1S/C18H24O2S/c1-12-9-13(2)16(21(3)11-12)15-14(19)10-18(17(15)20)7-5-4-6-8-18/h9,11,20H,4-8,10H2,1-3H3. The van der Waals surface area contributed by atoms with Gasteiger partial charge in [-0.25, -0.2) is 0 Å². The van der Waals surface area contributed by atoms with Gasteiger partial charge in [-0.2, -0.15) is 10.5 Å². The van der Waals surface area contributed by atoms with Crippen LogP contribution in [0.4, 0.5) is 0 Å². The number of carbonyl (C=O) groups excluding carboxylic acids is 1. The molecule has 2 aliphatic carbocycles. The van der Waals surface area contributed by atoms with E-state index in [4.69, 9.17) is 0 Å². The minimum atomic E-state index is -0.238. The zero-order chi connectivity index (χ0) is 15.2. The third-order valence-electron chi connectivity index (χ3n) is 5.04. The van der Waals surface area contributed by atoms with E-state index in [-0.39, 0.29) is 21.7 Å². The number of ketones is 1. The summed E-state index contributed by atoms with van der Waals surface area (Å²) >= 11 is 0. The van der Waals surface area contributed by atoms with Gasteiger partial charge in [0.15, 0.2) is 5.78 Å². The molecule has 0 radical (unpaired) electrons. The number of aliphatic hydroxyl groups excluding tert-OH is 1. The summed E-state index contributed by atoms with van der Waals surface area (Å²) in [6.45, 7) is 4.16. The summed E-state index contributed by atoms with van der Waals surface area (Å²) in [6.07, 6.45) is 10.2. The Hall–Kier alpha value is -1.09. The topological polar surface area (TPSA) is 37.3 Å².